The van der Waals surface area contributed by atoms with E-state index in [9.17, 15) is 0 Å². The van der Waals surface area contributed by atoms with Gasteiger partial charge >= 0.3 is 0 Å². The van der Waals surface area contributed by atoms with Crippen LogP contribution in [-0.2, 0) is 4.74 Å². The van der Waals surface area contributed by atoms with Gasteiger partial charge in [-0.25, -0.2) is 0 Å². The largest absolute Gasteiger partial charge is 0.373 e. The molecule has 14 heavy (non-hydrogen) atoms. The molecule has 1 aromatic rings. The van der Waals surface area contributed by atoms with Crippen LogP contribution in [0, 0.1) is 5.92 Å². The van der Waals surface area contributed by atoms with Crippen molar-refractivity contribution in [3.63, 3.8) is 0 Å². The Morgan fingerprint density at radius 2 is 1.86 bits per heavy atom. The van der Waals surface area contributed by atoms with Gasteiger partial charge in [-0.15, -0.1) is 0 Å². The fourth-order valence-corrected chi connectivity index (χ4v) is 2.42. The zero-order valence-electron chi connectivity index (χ0n) is 9.16. The Hall–Kier alpha value is -0.820. The van der Waals surface area contributed by atoms with E-state index < -0.39 is 0 Å². The third kappa shape index (κ3) is 1.36. The summed E-state index contributed by atoms with van der Waals surface area (Å²) in [5, 5.41) is 0. The molecule has 0 radical (unpaired) electrons. The third-order valence-corrected chi connectivity index (χ3v) is 3.05. The van der Waals surface area contributed by atoms with E-state index in [1.807, 2.05) is 0 Å². The van der Waals surface area contributed by atoms with Crippen molar-refractivity contribution in [3.8, 4) is 0 Å². The maximum absolute atomic E-state index is 5.78. The first-order chi connectivity index (χ1) is 6.75. The molecule has 1 nitrogen and oxygen atoms in total. The SMILES string of the molecule is CCOC1c2ccccc2C1C(C)C. The van der Waals surface area contributed by atoms with E-state index in [4.69, 9.17) is 4.74 Å². The molecular formula is C13H18O. The van der Waals surface area contributed by atoms with Crippen LogP contribution in [0.4, 0.5) is 0 Å². The van der Waals surface area contributed by atoms with Crippen LogP contribution in [-0.4, -0.2) is 6.61 Å². The van der Waals surface area contributed by atoms with Crippen molar-refractivity contribution in [1.29, 1.82) is 0 Å². The fraction of sp³-hybridized carbons (Fsp3) is 0.538. The second-order valence-corrected chi connectivity index (χ2v) is 4.27. The van der Waals surface area contributed by atoms with Crippen LogP contribution in [0.3, 0.4) is 0 Å². The maximum atomic E-state index is 5.78. The highest BCUT2D eigenvalue weighted by Gasteiger charge is 2.39. The Morgan fingerprint density at radius 1 is 1.21 bits per heavy atom. The van der Waals surface area contributed by atoms with Crippen LogP contribution >= 0.6 is 0 Å². The van der Waals surface area contributed by atoms with Crippen LogP contribution < -0.4 is 0 Å². The summed E-state index contributed by atoms with van der Waals surface area (Å²) in [6.45, 7) is 7.42. The second-order valence-electron chi connectivity index (χ2n) is 4.27. The monoisotopic (exact) mass is 190 g/mol. The van der Waals surface area contributed by atoms with Crippen molar-refractivity contribution in [2.45, 2.75) is 32.8 Å². The Balaban J connectivity index is 2.27. The Bertz CT molecular complexity index is 317. The second kappa shape index (κ2) is 3.74. The zero-order valence-corrected chi connectivity index (χ0v) is 9.16. The van der Waals surface area contributed by atoms with E-state index in [1.165, 1.54) is 11.1 Å². The highest BCUT2D eigenvalue weighted by Crippen LogP contribution is 2.50. The summed E-state index contributed by atoms with van der Waals surface area (Å²) in [4.78, 5) is 0. The Morgan fingerprint density at radius 3 is 2.43 bits per heavy atom. The van der Waals surface area contributed by atoms with Gasteiger partial charge in [0.15, 0.2) is 0 Å². The van der Waals surface area contributed by atoms with Crippen molar-refractivity contribution >= 4 is 0 Å². The van der Waals surface area contributed by atoms with E-state index >= 15 is 0 Å². The van der Waals surface area contributed by atoms with Crippen molar-refractivity contribution in [2.24, 2.45) is 5.92 Å². The standard InChI is InChI=1S/C13H18O/c1-4-14-13-11-8-6-5-7-10(11)12(13)9(2)3/h5-9,12-13H,4H2,1-3H3. The van der Waals surface area contributed by atoms with Gasteiger partial charge in [0, 0.05) is 12.5 Å². The highest BCUT2D eigenvalue weighted by molar-refractivity contribution is 5.43. The lowest BCUT2D eigenvalue weighted by Gasteiger charge is -2.41. The summed E-state index contributed by atoms with van der Waals surface area (Å²) < 4.78 is 5.78. The molecule has 0 amide bonds. The smallest absolute Gasteiger partial charge is 0.0898 e. The Kier molecular flexibility index (Phi) is 2.60. The van der Waals surface area contributed by atoms with Gasteiger partial charge < -0.3 is 4.74 Å². The molecular weight excluding hydrogens is 172 g/mol. The first kappa shape index (κ1) is 9.72. The van der Waals surface area contributed by atoms with Gasteiger partial charge in [0.25, 0.3) is 0 Å². The molecule has 2 unspecified atom stereocenters. The highest BCUT2D eigenvalue weighted by atomic mass is 16.5. The summed E-state index contributed by atoms with van der Waals surface area (Å²) in [6, 6.07) is 8.64. The van der Waals surface area contributed by atoms with E-state index in [0.717, 1.165) is 6.61 Å². The molecule has 1 heteroatoms. The minimum atomic E-state index is 0.344. The molecule has 2 atom stereocenters. The molecule has 0 spiro atoms. The zero-order chi connectivity index (χ0) is 10.1. The molecule has 2 rings (SSSR count). The van der Waals surface area contributed by atoms with Gasteiger partial charge in [-0.2, -0.15) is 0 Å². The maximum Gasteiger partial charge on any atom is 0.0898 e. The van der Waals surface area contributed by atoms with Crippen LogP contribution in [0.15, 0.2) is 24.3 Å². The average molecular weight is 190 g/mol. The number of hydrogen-bond acceptors (Lipinski definition) is 1. The molecule has 0 heterocycles. The number of rotatable bonds is 3. The van der Waals surface area contributed by atoms with Crippen LogP contribution in [0.2, 0.25) is 0 Å². The van der Waals surface area contributed by atoms with Gasteiger partial charge in [-0.05, 0) is 24.0 Å². The van der Waals surface area contributed by atoms with Gasteiger partial charge in [-0.1, -0.05) is 38.1 Å². The topological polar surface area (TPSA) is 9.23 Å². The van der Waals surface area contributed by atoms with Gasteiger partial charge in [0.1, 0.15) is 0 Å². The van der Waals surface area contributed by atoms with Gasteiger partial charge in [0.05, 0.1) is 6.10 Å². The molecule has 0 saturated heterocycles. The van der Waals surface area contributed by atoms with Crippen molar-refractivity contribution in [1.82, 2.24) is 0 Å². The number of fused-ring (bicyclic) bond motifs is 1. The minimum absolute atomic E-state index is 0.344. The van der Waals surface area contributed by atoms with Crippen LogP contribution in [0.5, 0.6) is 0 Å². The molecule has 0 N–H and O–H groups in total. The van der Waals surface area contributed by atoms with Crippen molar-refractivity contribution in [2.75, 3.05) is 6.61 Å². The predicted octanol–water partition coefficient (Wildman–Crippen LogP) is 3.52. The summed E-state index contributed by atoms with van der Waals surface area (Å²) in [7, 11) is 0. The number of ether oxygens (including phenoxy) is 1. The van der Waals surface area contributed by atoms with E-state index in [0.29, 0.717) is 17.9 Å². The number of hydrogen-bond donors (Lipinski definition) is 0. The van der Waals surface area contributed by atoms with Gasteiger partial charge in [-0.3, -0.25) is 0 Å². The molecule has 0 saturated carbocycles. The first-order valence-corrected chi connectivity index (χ1v) is 5.46. The summed E-state index contributed by atoms with van der Waals surface area (Å²) in [5.41, 5.74) is 2.88. The molecule has 0 bridgehead atoms. The average Bonchev–Trinajstić information content (AvgIpc) is 2.14. The predicted molar refractivity (Wildman–Crippen MR) is 58.4 cm³/mol. The van der Waals surface area contributed by atoms with Crippen molar-refractivity contribution in [3.05, 3.63) is 35.4 Å². The Labute approximate surface area is 86.1 Å². The van der Waals surface area contributed by atoms with Crippen LogP contribution in [0.1, 0.15) is 43.9 Å². The van der Waals surface area contributed by atoms with Crippen molar-refractivity contribution < 1.29 is 4.74 Å². The van der Waals surface area contributed by atoms with Crippen LogP contribution in [0.25, 0.3) is 0 Å². The third-order valence-electron chi connectivity index (χ3n) is 3.05. The molecule has 1 aliphatic rings. The molecule has 0 aliphatic heterocycles. The first-order valence-electron chi connectivity index (χ1n) is 5.46. The summed E-state index contributed by atoms with van der Waals surface area (Å²) in [6.07, 6.45) is 0.344. The quantitative estimate of drug-likeness (QED) is 0.708. The van der Waals surface area contributed by atoms with E-state index in [2.05, 4.69) is 45.0 Å². The normalized spacial score (nSPS) is 24.6. The molecule has 1 aliphatic carbocycles. The lowest BCUT2D eigenvalue weighted by Crippen LogP contribution is -2.30. The molecule has 0 aromatic heterocycles. The van der Waals surface area contributed by atoms with E-state index in [1.54, 1.807) is 0 Å². The van der Waals surface area contributed by atoms with Gasteiger partial charge in [0.2, 0.25) is 0 Å². The molecule has 0 fully saturated rings. The lowest BCUT2D eigenvalue weighted by molar-refractivity contribution is 0.00842. The molecule has 1 aromatic carbocycles. The minimum Gasteiger partial charge on any atom is -0.373 e. The lowest BCUT2D eigenvalue weighted by atomic mass is 9.69. The fourth-order valence-electron chi connectivity index (χ4n) is 2.42. The summed E-state index contributed by atoms with van der Waals surface area (Å²) in [5.74, 6) is 1.27. The van der Waals surface area contributed by atoms with E-state index in [-0.39, 0.29) is 0 Å². The summed E-state index contributed by atoms with van der Waals surface area (Å²) >= 11 is 0. The number of benzene rings is 1. The molecule has 76 valence electrons.